The molecule has 4 nitrogen and oxygen atoms in total. The minimum atomic E-state index is -3.12. The van der Waals surface area contributed by atoms with Crippen LogP contribution in [0.2, 0.25) is 0 Å². The first-order chi connectivity index (χ1) is 5.90. The van der Waals surface area contributed by atoms with Crippen molar-refractivity contribution in [3.05, 3.63) is 0 Å². The van der Waals surface area contributed by atoms with E-state index in [2.05, 4.69) is 6.92 Å². The molecule has 0 aromatic heterocycles. The van der Waals surface area contributed by atoms with E-state index in [-0.39, 0.29) is 11.8 Å². The molecule has 1 atom stereocenters. The van der Waals surface area contributed by atoms with Gasteiger partial charge < -0.3 is 5.73 Å². The Kier molecular flexibility index (Phi) is 5.51. The van der Waals surface area contributed by atoms with Crippen LogP contribution >= 0.6 is 0 Å². The fourth-order valence-corrected chi connectivity index (χ4v) is 1.98. The van der Waals surface area contributed by atoms with Crippen molar-refractivity contribution in [3.8, 4) is 0 Å². The third-order valence-corrected chi connectivity index (χ3v) is 3.87. The van der Waals surface area contributed by atoms with Gasteiger partial charge in [0.25, 0.3) is 0 Å². The van der Waals surface area contributed by atoms with E-state index in [9.17, 15) is 8.42 Å². The lowest BCUT2D eigenvalue weighted by Crippen LogP contribution is -2.35. The van der Waals surface area contributed by atoms with Crippen molar-refractivity contribution in [3.63, 3.8) is 0 Å². The van der Waals surface area contributed by atoms with E-state index < -0.39 is 10.0 Å². The summed E-state index contributed by atoms with van der Waals surface area (Å²) in [4.78, 5) is 0. The predicted molar refractivity (Wildman–Crippen MR) is 55.0 cm³/mol. The molecule has 0 fully saturated rings. The first kappa shape index (κ1) is 12.9. The van der Waals surface area contributed by atoms with Crippen molar-refractivity contribution in [1.29, 1.82) is 0 Å². The molecule has 0 heterocycles. The Hall–Kier alpha value is -0.130. The van der Waals surface area contributed by atoms with Crippen molar-refractivity contribution in [2.24, 2.45) is 5.73 Å². The zero-order chi connectivity index (χ0) is 10.5. The Morgan fingerprint density at radius 2 is 1.92 bits per heavy atom. The Morgan fingerprint density at radius 3 is 2.31 bits per heavy atom. The van der Waals surface area contributed by atoms with Gasteiger partial charge in [-0.3, -0.25) is 0 Å². The summed E-state index contributed by atoms with van der Waals surface area (Å²) >= 11 is 0. The summed E-state index contributed by atoms with van der Waals surface area (Å²) in [6.45, 7) is 2.06. The van der Waals surface area contributed by atoms with E-state index in [0.29, 0.717) is 0 Å². The Morgan fingerprint density at radius 1 is 1.38 bits per heavy atom. The maximum absolute atomic E-state index is 11.3. The summed E-state index contributed by atoms with van der Waals surface area (Å²) in [6, 6.07) is -0.229. The molecule has 1 unspecified atom stereocenters. The first-order valence-electron chi connectivity index (χ1n) is 4.56. The molecular weight excluding hydrogens is 188 g/mol. The maximum Gasteiger partial charge on any atom is 0.215 e. The van der Waals surface area contributed by atoms with Crippen LogP contribution in [0.25, 0.3) is 0 Å². The first-order valence-corrected chi connectivity index (χ1v) is 6.17. The van der Waals surface area contributed by atoms with Crippen LogP contribution in [0, 0.1) is 0 Å². The normalized spacial score (nSPS) is 14.8. The van der Waals surface area contributed by atoms with Gasteiger partial charge in [-0.25, -0.2) is 12.7 Å². The summed E-state index contributed by atoms with van der Waals surface area (Å²) in [7, 11) is -0.0602. The quantitative estimate of drug-likeness (QED) is 0.687. The zero-order valence-corrected chi connectivity index (χ0v) is 9.47. The maximum atomic E-state index is 11.3. The second kappa shape index (κ2) is 5.57. The predicted octanol–water partition coefficient (Wildman–Crippen LogP) is 0.395. The van der Waals surface area contributed by atoms with Gasteiger partial charge in [-0.2, -0.15) is 0 Å². The number of hydrogen-bond acceptors (Lipinski definition) is 3. The fourth-order valence-electron chi connectivity index (χ4n) is 0.969. The molecule has 0 spiro atoms. The summed E-state index contributed by atoms with van der Waals surface area (Å²) in [5.74, 6) is 0.0556. The molecule has 0 bridgehead atoms. The van der Waals surface area contributed by atoms with Gasteiger partial charge in [0.1, 0.15) is 0 Å². The number of nitrogens with two attached hydrogens (primary N) is 1. The van der Waals surface area contributed by atoms with Crippen LogP contribution in [0.5, 0.6) is 0 Å². The van der Waals surface area contributed by atoms with Gasteiger partial charge in [0.2, 0.25) is 10.0 Å². The van der Waals surface area contributed by atoms with Gasteiger partial charge in [-0.15, -0.1) is 0 Å². The highest BCUT2D eigenvalue weighted by atomic mass is 32.2. The molecule has 0 amide bonds. The molecule has 80 valence electrons. The smallest absolute Gasteiger partial charge is 0.215 e. The lowest BCUT2D eigenvalue weighted by atomic mass is 10.2. The van der Waals surface area contributed by atoms with Gasteiger partial charge in [-0.1, -0.05) is 19.8 Å². The van der Waals surface area contributed by atoms with Crippen LogP contribution < -0.4 is 5.73 Å². The summed E-state index contributed by atoms with van der Waals surface area (Å²) in [5, 5.41) is 0. The van der Waals surface area contributed by atoms with Crippen LogP contribution in [0.1, 0.15) is 26.2 Å². The van der Waals surface area contributed by atoms with Crippen molar-refractivity contribution in [2.45, 2.75) is 32.2 Å². The molecular formula is C8H20N2O2S. The van der Waals surface area contributed by atoms with Gasteiger partial charge >= 0.3 is 0 Å². The molecule has 0 aliphatic heterocycles. The molecule has 0 rings (SSSR count). The van der Waals surface area contributed by atoms with Crippen molar-refractivity contribution >= 4 is 10.0 Å². The molecule has 0 aromatic rings. The molecule has 13 heavy (non-hydrogen) atoms. The number of hydrogen-bond donors (Lipinski definition) is 1. The standard InChI is InChI=1S/C8H20N2O2S/c1-4-5-6-8(9)7-13(11,12)10(2)3/h8H,4-7,9H2,1-3H3. The zero-order valence-electron chi connectivity index (χ0n) is 8.66. The third-order valence-electron chi connectivity index (χ3n) is 1.91. The van der Waals surface area contributed by atoms with E-state index in [0.717, 1.165) is 19.3 Å². The highest BCUT2D eigenvalue weighted by Crippen LogP contribution is 2.03. The van der Waals surface area contributed by atoms with Crippen molar-refractivity contribution < 1.29 is 8.42 Å². The molecule has 0 saturated heterocycles. The average Bonchev–Trinajstić information content (AvgIpc) is 1.99. The second-order valence-corrected chi connectivity index (χ2v) is 5.69. The van der Waals surface area contributed by atoms with Gasteiger partial charge in [-0.05, 0) is 6.42 Å². The largest absolute Gasteiger partial charge is 0.327 e. The monoisotopic (exact) mass is 208 g/mol. The topological polar surface area (TPSA) is 63.4 Å². The minimum Gasteiger partial charge on any atom is -0.327 e. The van der Waals surface area contributed by atoms with E-state index in [1.54, 1.807) is 0 Å². The van der Waals surface area contributed by atoms with E-state index in [1.165, 1.54) is 18.4 Å². The Bertz CT molecular complexity index is 224. The van der Waals surface area contributed by atoms with Crippen molar-refractivity contribution in [1.82, 2.24) is 4.31 Å². The highest BCUT2D eigenvalue weighted by molar-refractivity contribution is 7.89. The van der Waals surface area contributed by atoms with Gasteiger partial charge in [0, 0.05) is 20.1 Å². The van der Waals surface area contributed by atoms with Crippen LogP contribution in [0.3, 0.4) is 0 Å². The molecule has 2 N–H and O–H groups in total. The van der Waals surface area contributed by atoms with Crippen molar-refractivity contribution in [2.75, 3.05) is 19.8 Å². The molecule has 5 heteroatoms. The Labute approximate surface area is 81.2 Å². The fraction of sp³-hybridized carbons (Fsp3) is 1.00. The SMILES string of the molecule is CCCCC(N)CS(=O)(=O)N(C)C. The lowest BCUT2D eigenvalue weighted by Gasteiger charge is -2.15. The number of nitrogens with zero attached hydrogens (tertiary/aromatic N) is 1. The number of unbranched alkanes of at least 4 members (excludes halogenated alkanes) is 1. The third kappa shape index (κ3) is 5.23. The number of rotatable bonds is 6. The van der Waals surface area contributed by atoms with Crippen LogP contribution in [-0.2, 0) is 10.0 Å². The summed E-state index contributed by atoms with van der Waals surface area (Å²) in [6.07, 6.45) is 2.82. The molecule has 0 aliphatic rings. The van der Waals surface area contributed by atoms with Gasteiger partial charge in [0.05, 0.1) is 5.75 Å². The van der Waals surface area contributed by atoms with E-state index in [4.69, 9.17) is 5.73 Å². The van der Waals surface area contributed by atoms with E-state index >= 15 is 0 Å². The van der Waals surface area contributed by atoms with Crippen LogP contribution in [0.4, 0.5) is 0 Å². The second-order valence-electron chi connectivity index (χ2n) is 3.46. The molecule has 0 saturated carbocycles. The minimum absolute atomic E-state index is 0.0556. The summed E-state index contributed by atoms with van der Waals surface area (Å²) in [5.41, 5.74) is 5.68. The van der Waals surface area contributed by atoms with Crippen LogP contribution in [-0.4, -0.2) is 38.6 Å². The van der Waals surface area contributed by atoms with Gasteiger partial charge in [0.15, 0.2) is 0 Å². The molecule has 0 radical (unpaired) electrons. The Balaban J connectivity index is 3.98. The lowest BCUT2D eigenvalue weighted by molar-refractivity contribution is 0.507. The van der Waals surface area contributed by atoms with E-state index in [1.807, 2.05) is 0 Å². The molecule has 0 aromatic carbocycles. The van der Waals surface area contributed by atoms with Crippen LogP contribution in [0.15, 0.2) is 0 Å². The summed E-state index contributed by atoms with van der Waals surface area (Å²) < 4.78 is 23.9. The highest BCUT2D eigenvalue weighted by Gasteiger charge is 2.17. The molecule has 0 aliphatic carbocycles. The average molecular weight is 208 g/mol. The number of sulfonamides is 1.